The van der Waals surface area contributed by atoms with Crippen LogP contribution in [-0.2, 0) is 13.8 Å². The van der Waals surface area contributed by atoms with Crippen molar-refractivity contribution in [3.8, 4) is 5.75 Å². The fraction of sp³-hybridized carbons (Fsp3) is 0.462. The first kappa shape index (κ1) is 16.4. The first-order chi connectivity index (χ1) is 9.82. The molecule has 0 unspecified atom stereocenters. The van der Waals surface area contributed by atoms with Crippen molar-refractivity contribution >= 4 is 37.2 Å². The van der Waals surface area contributed by atoms with Gasteiger partial charge in [0.2, 0.25) is 0 Å². The Hall–Kier alpha value is -0.980. The molecule has 0 saturated heterocycles. The SMILES string of the molecule is CCN(C(=O)COc1ccc(Cl)cc1S(=O)(=O)Cl)C1CC1. The second-order valence-corrected chi connectivity index (χ2v) is 7.70. The van der Waals surface area contributed by atoms with E-state index in [1.54, 1.807) is 4.90 Å². The van der Waals surface area contributed by atoms with Crippen molar-refractivity contribution in [2.45, 2.75) is 30.7 Å². The zero-order valence-electron chi connectivity index (χ0n) is 11.4. The van der Waals surface area contributed by atoms with Gasteiger partial charge in [0.25, 0.3) is 15.0 Å². The van der Waals surface area contributed by atoms with Crippen molar-refractivity contribution in [2.75, 3.05) is 13.2 Å². The van der Waals surface area contributed by atoms with Crippen molar-refractivity contribution in [1.82, 2.24) is 4.90 Å². The molecule has 0 radical (unpaired) electrons. The van der Waals surface area contributed by atoms with E-state index < -0.39 is 9.05 Å². The number of benzene rings is 1. The third-order valence-corrected chi connectivity index (χ3v) is 4.75. The van der Waals surface area contributed by atoms with Gasteiger partial charge in [-0.05, 0) is 38.0 Å². The van der Waals surface area contributed by atoms with Crippen LogP contribution < -0.4 is 4.74 Å². The number of carbonyl (C=O) groups is 1. The van der Waals surface area contributed by atoms with Gasteiger partial charge >= 0.3 is 0 Å². The van der Waals surface area contributed by atoms with E-state index in [-0.39, 0.29) is 34.2 Å². The molecule has 0 N–H and O–H groups in total. The van der Waals surface area contributed by atoms with Crippen LogP contribution in [-0.4, -0.2) is 38.4 Å². The summed E-state index contributed by atoms with van der Waals surface area (Å²) in [6, 6.07) is 4.35. The van der Waals surface area contributed by atoms with Gasteiger partial charge in [-0.1, -0.05) is 11.6 Å². The third-order valence-electron chi connectivity index (χ3n) is 3.17. The number of carbonyl (C=O) groups excluding carboxylic acids is 1. The Morgan fingerprint density at radius 3 is 2.62 bits per heavy atom. The van der Waals surface area contributed by atoms with E-state index in [1.807, 2.05) is 6.92 Å². The summed E-state index contributed by atoms with van der Waals surface area (Å²) in [6.07, 6.45) is 2.00. The quantitative estimate of drug-likeness (QED) is 0.739. The molecule has 1 aromatic rings. The highest BCUT2D eigenvalue weighted by atomic mass is 35.7. The molecule has 1 aliphatic rings. The molecule has 5 nitrogen and oxygen atoms in total. The Kier molecular flexibility index (Phi) is 5.01. The summed E-state index contributed by atoms with van der Waals surface area (Å²) in [7, 11) is 1.34. The van der Waals surface area contributed by atoms with Crippen molar-refractivity contribution in [1.29, 1.82) is 0 Å². The van der Waals surface area contributed by atoms with Gasteiger partial charge in [-0.2, -0.15) is 0 Å². The first-order valence-corrected chi connectivity index (χ1v) is 9.18. The maximum absolute atomic E-state index is 12.0. The molecular formula is C13H15Cl2NO4S. The number of rotatable bonds is 6. The number of nitrogens with zero attached hydrogens (tertiary/aromatic N) is 1. The summed E-state index contributed by atoms with van der Waals surface area (Å²) >= 11 is 5.75. The molecule has 1 amide bonds. The Bertz CT molecular complexity index is 644. The zero-order chi connectivity index (χ0) is 15.6. The van der Waals surface area contributed by atoms with Crippen LogP contribution in [0.15, 0.2) is 23.1 Å². The lowest BCUT2D eigenvalue weighted by Crippen LogP contribution is -2.36. The van der Waals surface area contributed by atoms with Gasteiger partial charge in [-0.3, -0.25) is 4.79 Å². The lowest BCUT2D eigenvalue weighted by Gasteiger charge is -2.20. The maximum atomic E-state index is 12.0. The molecule has 1 fully saturated rings. The van der Waals surface area contributed by atoms with Gasteiger partial charge in [0.1, 0.15) is 10.6 Å². The van der Waals surface area contributed by atoms with Crippen LogP contribution in [0.4, 0.5) is 0 Å². The molecule has 0 atom stereocenters. The topological polar surface area (TPSA) is 63.7 Å². The van der Waals surface area contributed by atoms with Gasteiger partial charge in [0.05, 0.1) is 0 Å². The third kappa shape index (κ3) is 4.25. The highest BCUT2D eigenvalue weighted by molar-refractivity contribution is 8.13. The molecule has 0 spiro atoms. The summed E-state index contributed by atoms with van der Waals surface area (Å²) in [5.74, 6) is -0.150. The van der Waals surface area contributed by atoms with Gasteiger partial charge in [-0.15, -0.1) is 0 Å². The molecule has 0 heterocycles. The van der Waals surface area contributed by atoms with Gasteiger partial charge in [-0.25, -0.2) is 8.42 Å². The van der Waals surface area contributed by atoms with Crippen LogP contribution in [0.2, 0.25) is 5.02 Å². The molecule has 2 rings (SSSR count). The van der Waals surface area contributed by atoms with Crippen molar-refractivity contribution in [3.05, 3.63) is 23.2 Å². The van der Waals surface area contributed by atoms with Crippen LogP contribution in [0.1, 0.15) is 19.8 Å². The first-order valence-electron chi connectivity index (χ1n) is 6.49. The molecule has 1 aromatic carbocycles. The average molecular weight is 352 g/mol. The van der Waals surface area contributed by atoms with E-state index in [0.29, 0.717) is 6.54 Å². The monoisotopic (exact) mass is 351 g/mol. The molecule has 21 heavy (non-hydrogen) atoms. The summed E-state index contributed by atoms with van der Waals surface area (Å²) in [5, 5.41) is 0.223. The summed E-state index contributed by atoms with van der Waals surface area (Å²) in [4.78, 5) is 13.5. The lowest BCUT2D eigenvalue weighted by molar-refractivity contribution is -0.133. The molecular weight excluding hydrogens is 337 g/mol. The molecule has 0 aromatic heterocycles. The van der Waals surface area contributed by atoms with E-state index in [4.69, 9.17) is 27.0 Å². The minimum Gasteiger partial charge on any atom is -0.482 e. The molecule has 8 heteroatoms. The largest absolute Gasteiger partial charge is 0.482 e. The number of hydrogen-bond acceptors (Lipinski definition) is 4. The number of ether oxygens (including phenoxy) is 1. The average Bonchev–Trinajstić information content (AvgIpc) is 3.21. The lowest BCUT2D eigenvalue weighted by atomic mass is 10.3. The highest BCUT2D eigenvalue weighted by Crippen LogP contribution is 2.30. The van der Waals surface area contributed by atoms with Crippen molar-refractivity contribution in [3.63, 3.8) is 0 Å². The second kappa shape index (κ2) is 6.42. The number of halogens is 2. The molecule has 1 saturated carbocycles. The van der Waals surface area contributed by atoms with Gasteiger partial charge in [0.15, 0.2) is 6.61 Å². The minimum atomic E-state index is -4.00. The number of likely N-dealkylation sites (N-methyl/N-ethyl adjacent to an activating group) is 1. The number of amides is 1. The van der Waals surface area contributed by atoms with Crippen LogP contribution in [0, 0.1) is 0 Å². The second-order valence-electron chi connectivity index (χ2n) is 4.73. The van der Waals surface area contributed by atoms with E-state index in [1.165, 1.54) is 18.2 Å². The summed E-state index contributed by atoms with van der Waals surface area (Å²) in [5.41, 5.74) is 0. The molecule has 0 bridgehead atoms. The molecule has 1 aliphatic carbocycles. The van der Waals surface area contributed by atoms with Crippen molar-refractivity contribution < 1.29 is 17.9 Å². The van der Waals surface area contributed by atoms with E-state index in [2.05, 4.69) is 0 Å². The predicted octanol–water partition coefficient (Wildman–Crippen LogP) is 2.66. The molecule has 0 aliphatic heterocycles. The Morgan fingerprint density at radius 2 is 2.10 bits per heavy atom. The fourth-order valence-corrected chi connectivity index (χ4v) is 3.27. The summed E-state index contributed by atoms with van der Waals surface area (Å²) in [6.45, 7) is 2.27. The van der Waals surface area contributed by atoms with Crippen LogP contribution in [0.3, 0.4) is 0 Å². The van der Waals surface area contributed by atoms with E-state index >= 15 is 0 Å². The smallest absolute Gasteiger partial charge is 0.265 e. The van der Waals surface area contributed by atoms with Gasteiger partial charge in [0, 0.05) is 28.3 Å². The summed E-state index contributed by atoms with van der Waals surface area (Å²) < 4.78 is 28.3. The van der Waals surface area contributed by atoms with Crippen LogP contribution >= 0.6 is 22.3 Å². The molecule has 116 valence electrons. The standard InChI is InChI=1S/C13H15Cl2NO4S/c1-2-16(10-4-5-10)13(17)8-20-11-6-3-9(14)7-12(11)21(15,18)19/h3,6-7,10H,2,4-5,8H2,1H3. The zero-order valence-corrected chi connectivity index (χ0v) is 13.7. The fourth-order valence-electron chi connectivity index (χ4n) is 2.04. The Balaban J connectivity index is 2.11. The van der Waals surface area contributed by atoms with Gasteiger partial charge < -0.3 is 9.64 Å². The highest BCUT2D eigenvalue weighted by Gasteiger charge is 2.31. The van der Waals surface area contributed by atoms with Crippen LogP contribution in [0.5, 0.6) is 5.75 Å². The van der Waals surface area contributed by atoms with E-state index in [9.17, 15) is 13.2 Å². The Labute approximate surface area is 133 Å². The minimum absolute atomic E-state index is 0.0228. The van der Waals surface area contributed by atoms with Crippen molar-refractivity contribution in [2.24, 2.45) is 0 Å². The number of hydrogen-bond donors (Lipinski definition) is 0. The van der Waals surface area contributed by atoms with Crippen LogP contribution in [0.25, 0.3) is 0 Å². The normalized spacial score (nSPS) is 14.8. The maximum Gasteiger partial charge on any atom is 0.265 e. The Morgan fingerprint density at radius 1 is 1.43 bits per heavy atom. The van der Waals surface area contributed by atoms with E-state index in [0.717, 1.165) is 12.8 Å². The predicted molar refractivity (Wildman–Crippen MR) is 80.4 cm³/mol.